The van der Waals surface area contributed by atoms with Crippen LogP contribution in [0.25, 0.3) is 0 Å². The lowest BCUT2D eigenvalue weighted by molar-refractivity contribution is 0.0596. The third-order valence-electron chi connectivity index (χ3n) is 5.82. The van der Waals surface area contributed by atoms with Gasteiger partial charge in [0.1, 0.15) is 0 Å². The van der Waals surface area contributed by atoms with Crippen LogP contribution >= 0.6 is 0 Å². The minimum atomic E-state index is 0.492. The van der Waals surface area contributed by atoms with E-state index in [4.69, 9.17) is 5.73 Å². The molecule has 2 aliphatic heterocycles. The zero-order chi connectivity index (χ0) is 11.8. The van der Waals surface area contributed by atoms with Crippen molar-refractivity contribution >= 4 is 0 Å². The first-order valence-corrected chi connectivity index (χ1v) is 7.75. The van der Waals surface area contributed by atoms with Gasteiger partial charge in [-0.05, 0) is 38.1 Å². The molecule has 0 radical (unpaired) electrons. The molecule has 3 aliphatic rings. The largest absolute Gasteiger partial charge is 0.327 e. The van der Waals surface area contributed by atoms with Crippen molar-refractivity contribution in [2.75, 3.05) is 7.05 Å². The van der Waals surface area contributed by atoms with Crippen LogP contribution in [0.4, 0.5) is 0 Å². The van der Waals surface area contributed by atoms with Crippen LogP contribution in [0, 0.1) is 11.8 Å². The van der Waals surface area contributed by atoms with Crippen LogP contribution in [0.3, 0.4) is 0 Å². The van der Waals surface area contributed by atoms with E-state index in [9.17, 15) is 0 Å². The molecule has 2 heterocycles. The molecule has 2 N–H and O–H groups in total. The van der Waals surface area contributed by atoms with E-state index in [-0.39, 0.29) is 0 Å². The van der Waals surface area contributed by atoms with Crippen LogP contribution in [0.5, 0.6) is 0 Å². The fourth-order valence-corrected chi connectivity index (χ4v) is 4.91. The summed E-state index contributed by atoms with van der Waals surface area (Å²) < 4.78 is 0. The molecule has 0 aromatic carbocycles. The van der Waals surface area contributed by atoms with Gasteiger partial charge in [-0.15, -0.1) is 0 Å². The van der Waals surface area contributed by atoms with Crippen LogP contribution in [0.1, 0.15) is 57.8 Å². The average molecular weight is 236 g/mol. The third kappa shape index (κ3) is 2.15. The molecule has 0 aromatic heterocycles. The Bertz CT molecular complexity index is 258. The van der Waals surface area contributed by atoms with Crippen LogP contribution in [-0.2, 0) is 0 Å². The molecule has 2 saturated heterocycles. The van der Waals surface area contributed by atoms with Gasteiger partial charge in [0.2, 0.25) is 0 Å². The van der Waals surface area contributed by atoms with Gasteiger partial charge in [-0.25, -0.2) is 0 Å². The lowest BCUT2D eigenvalue weighted by atomic mass is 9.74. The Labute approximate surface area is 106 Å². The van der Waals surface area contributed by atoms with Crippen molar-refractivity contribution in [1.82, 2.24) is 4.90 Å². The molecule has 17 heavy (non-hydrogen) atoms. The van der Waals surface area contributed by atoms with E-state index < -0.39 is 0 Å². The SMILES string of the molecule is CN1C2CCC1C(C1CCCCCC1)C(N)C2. The maximum atomic E-state index is 6.52. The van der Waals surface area contributed by atoms with E-state index in [1.165, 1.54) is 57.8 Å². The number of piperidine rings is 1. The fourth-order valence-electron chi connectivity index (χ4n) is 4.91. The smallest absolute Gasteiger partial charge is 0.0141 e. The summed E-state index contributed by atoms with van der Waals surface area (Å²) in [5.41, 5.74) is 6.52. The summed E-state index contributed by atoms with van der Waals surface area (Å²) in [6, 6.07) is 2.11. The molecule has 4 atom stereocenters. The summed E-state index contributed by atoms with van der Waals surface area (Å²) in [4.78, 5) is 2.67. The number of nitrogens with zero attached hydrogens (tertiary/aromatic N) is 1. The highest BCUT2D eigenvalue weighted by Crippen LogP contribution is 2.44. The van der Waals surface area contributed by atoms with Crippen molar-refractivity contribution in [1.29, 1.82) is 0 Å². The van der Waals surface area contributed by atoms with Gasteiger partial charge in [0.05, 0.1) is 0 Å². The molecule has 3 rings (SSSR count). The summed E-state index contributed by atoms with van der Waals surface area (Å²) in [5.74, 6) is 1.73. The monoisotopic (exact) mass is 236 g/mol. The first-order valence-electron chi connectivity index (χ1n) is 7.75. The standard InChI is InChI=1S/C15H28N2/c1-17-12-8-9-14(17)15(13(16)10-12)11-6-4-2-3-5-7-11/h11-15H,2-10,16H2,1H3. The highest BCUT2D eigenvalue weighted by molar-refractivity contribution is 5.02. The Kier molecular flexibility index (Phi) is 3.45. The van der Waals surface area contributed by atoms with Crippen molar-refractivity contribution in [2.24, 2.45) is 17.6 Å². The number of rotatable bonds is 1. The topological polar surface area (TPSA) is 29.3 Å². The Morgan fingerprint density at radius 3 is 2.35 bits per heavy atom. The minimum Gasteiger partial charge on any atom is -0.327 e. The fraction of sp³-hybridized carbons (Fsp3) is 1.00. The van der Waals surface area contributed by atoms with Gasteiger partial charge in [-0.2, -0.15) is 0 Å². The quantitative estimate of drug-likeness (QED) is 0.709. The van der Waals surface area contributed by atoms with Gasteiger partial charge in [0.15, 0.2) is 0 Å². The molecule has 1 saturated carbocycles. The second kappa shape index (κ2) is 4.89. The Morgan fingerprint density at radius 1 is 0.941 bits per heavy atom. The molecule has 1 aliphatic carbocycles. The molecule has 2 nitrogen and oxygen atoms in total. The maximum absolute atomic E-state index is 6.52. The van der Waals surface area contributed by atoms with Crippen molar-refractivity contribution in [3.63, 3.8) is 0 Å². The van der Waals surface area contributed by atoms with Gasteiger partial charge in [0, 0.05) is 18.1 Å². The first-order chi connectivity index (χ1) is 8.27. The number of nitrogens with two attached hydrogens (primary N) is 1. The second-order valence-electron chi connectivity index (χ2n) is 6.69. The van der Waals surface area contributed by atoms with Gasteiger partial charge >= 0.3 is 0 Å². The third-order valence-corrected chi connectivity index (χ3v) is 5.82. The summed E-state index contributed by atoms with van der Waals surface area (Å²) >= 11 is 0. The van der Waals surface area contributed by atoms with E-state index in [2.05, 4.69) is 11.9 Å². The Balaban J connectivity index is 1.75. The molecule has 2 bridgehead atoms. The number of hydrogen-bond acceptors (Lipinski definition) is 2. The van der Waals surface area contributed by atoms with Crippen molar-refractivity contribution < 1.29 is 0 Å². The molecule has 98 valence electrons. The van der Waals surface area contributed by atoms with Gasteiger partial charge < -0.3 is 10.6 Å². The number of fused-ring (bicyclic) bond motifs is 2. The normalized spacial score (nSPS) is 44.8. The first kappa shape index (κ1) is 12.0. The molecule has 0 spiro atoms. The van der Waals surface area contributed by atoms with Gasteiger partial charge in [-0.1, -0.05) is 38.5 Å². The zero-order valence-electron chi connectivity index (χ0n) is 11.3. The summed E-state index contributed by atoms with van der Waals surface area (Å²) in [6.07, 6.45) is 12.8. The van der Waals surface area contributed by atoms with E-state index in [0.29, 0.717) is 6.04 Å². The molecule has 4 unspecified atom stereocenters. The second-order valence-corrected chi connectivity index (χ2v) is 6.69. The van der Waals surface area contributed by atoms with Gasteiger partial charge in [0.25, 0.3) is 0 Å². The van der Waals surface area contributed by atoms with Crippen LogP contribution < -0.4 is 5.73 Å². The maximum Gasteiger partial charge on any atom is 0.0141 e. The lowest BCUT2D eigenvalue weighted by Crippen LogP contribution is -2.54. The Morgan fingerprint density at radius 2 is 1.65 bits per heavy atom. The zero-order valence-corrected chi connectivity index (χ0v) is 11.3. The summed E-state index contributed by atoms with van der Waals surface area (Å²) in [6.45, 7) is 0. The molecule has 3 fully saturated rings. The predicted octanol–water partition coefficient (Wildman–Crippen LogP) is 2.77. The van der Waals surface area contributed by atoms with Crippen molar-refractivity contribution in [2.45, 2.75) is 75.9 Å². The van der Waals surface area contributed by atoms with Gasteiger partial charge in [-0.3, -0.25) is 0 Å². The molecular formula is C15H28N2. The molecule has 0 aromatic rings. The molecule has 2 heteroatoms. The molecule has 0 amide bonds. The minimum absolute atomic E-state index is 0.492. The van der Waals surface area contributed by atoms with Crippen LogP contribution in [0.2, 0.25) is 0 Å². The highest BCUT2D eigenvalue weighted by Gasteiger charge is 2.46. The highest BCUT2D eigenvalue weighted by atomic mass is 15.2. The van der Waals surface area contributed by atoms with Crippen LogP contribution in [0.15, 0.2) is 0 Å². The van der Waals surface area contributed by atoms with E-state index in [1.54, 1.807) is 0 Å². The van der Waals surface area contributed by atoms with Crippen LogP contribution in [-0.4, -0.2) is 30.1 Å². The molecular weight excluding hydrogens is 208 g/mol. The van der Waals surface area contributed by atoms with Crippen molar-refractivity contribution in [3.05, 3.63) is 0 Å². The predicted molar refractivity (Wildman–Crippen MR) is 71.8 cm³/mol. The van der Waals surface area contributed by atoms with Crippen molar-refractivity contribution in [3.8, 4) is 0 Å². The average Bonchev–Trinajstić information content (AvgIpc) is 2.55. The van der Waals surface area contributed by atoms with E-state index in [1.807, 2.05) is 0 Å². The number of hydrogen-bond donors (Lipinski definition) is 1. The lowest BCUT2D eigenvalue weighted by Gasteiger charge is -2.45. The summed E-state index contributed by atoms with van der Waals surface area (Å²) in [7, 11) is 2.35. The van der Waals surface area contributed by atoms with E-state index in [0.717, 1.165) is 23.9 Å². The Hall–Kier alpha value is -0.0800. The van der Waals surface area contributed by atoms with E-state index >= 15 is 0 Å². The summed E-state index contributed by atoms with van der Waals surface area (Å²) in [5, 5.41) is 0.